The summed E-state index contributed by atoms with van der Waals surface area (Å²) in [5.74, 6) is 0. The molecule has 1 aliphatic heterocycles. The molecular weight excluding hydrogens is 242 g/mol. The van der Waals surface area contributed by atoms with Gasteiger partial charge in [-0.05, 0) is 19.3 Å². The van der Waals surface area contributed by atoms with Crippen LogP contribution in [0, 0.1) is 0 Å². The maximum atomic E-state index is 11.4. The number of piperidine rings is 1. The van der Waals surface area contributed by atoms with E-state index >= 15 is 0 Å². The molecule has 19 heavy (non-hydrogen) atoms. The molecule has 1 fully saturated rings. The highest BCUT2D eigenvalue weighted by molar-refractivity contribution is 5.59. The summed E-state index contributed by atoms with van der Waals surface area (Å²) in [6.45, 7) is 4.39. The average molecular weight is 271 g/mol. The fraction of sp³-hybridized carbons (Fsp3) is 0.933. The first-order valence-electron chi connectivity index (χ1n) is 7.92. The summed E-state index contributed by atoms with van der Waals surface area (Å²) in [5, 5.41) is 1.72. The quantitative estimate of drug-likeness (QED) is 0.463. The number of ether oxygens (including phenoxy) is 1. The van der Waals surface area contributed by atoms with Crippen molar-refractivity contribution in [3.8, 4) is 0 Å². The molecule has 1 rings (SSSR count). The Morgan fingerprint density at radius 3 is 2.26 bits per heavy atom. The van der Waals surface area contributed by atoms with E-state index in [0.717, 1.165) is 38.8 Å². The number of hydrogen-bond donors (Lipinski definition) is 0. The van der Waals surface area contributed by atoms with Gasteiger partial charge in [-0.2, -0.15) is 0 Å². The van der Waals surface area contributed by atoms with Crippen LogP contribution >= 0.6 is 0 Å². The number of hydrogen-bond acceptors (Lipinski definition) is 4. The third kappa shape index (κ3) is 8.87. The van der Waals surface area contributed by atoms with Gasteiger partial charge in [0, 0.05) is 13.1 Å². The second-order valence-corrected chi connectivity index (χ2v) is 5.30. The largest absolute Gasteiger partial charge is 0.527 e. The van der Waals surface area contributed by atoms with E-state index in [1.54, 1.807) is 5.06 Å². The van der Waals surface area contributed by atoms with Crippen LogP contribution in [0.3, 0.4) is 0 Å². The van der Waals surface area contributed by atoms with Crippen LogP contribution in [-0.2, 0) is 9.57 Å². The molecule has 0 amide bonds. The molecule has 4 heteroatoms. The Balaban J connectivity index is 1.87. The molecule has 0 aromatic heterocycles. The van der Waals surface area contributed by atoms with Crippen LogP contribution in [0.25, 0.3) is 0 Å². The number of hydroxylamine groups is 2. The number of carbonyl (C=O) groups is 1. The second kappa shape index (κ2) is 11.1. The summed E-state index contributed by atoms with van der Waals surface area (Å²) >= 11 is 0. The molecule has 4 nitrogen and oxygen atoms in total. The standard InChI is InChI=1S/C15H29NO3/c1-2-3-4-5-6-7-11-14-18-15(17)19-16-12-9-8-10-13-16/h2-14H2,1H3. The summed E-state index contributed by atoms with van der Waals surface area (Å²) in [5.41, 5.74) is 0. The zero-order chi connectivity index (χ0) is 13.8. The van der Waals surface area contributed by atoms with Crippen LogP contribution in [-0.4, -0.2) is 30.9 Å². The van der Waals surface area contributed by atoms with Crippen molar-refractivity contribution in [2.45, 2.75) is 71.1 Å². The molecule has 0 aliphatic carbocycles. The molecule has 1 aliphatic rings. The van der Waals surface area contributed by atoms with Crippen LogP contribution in [0.1, 0.15) is 71.1 Å². The predicted octanol–water partition coefficient (Wildman–Crippen LogP) is 4.29. The Hall–Kier alpha value is -0.770. The minimum Gasteiger partial charge on any atom is -0.433 e. The number of unbranched alkanes of at least 4 members (excludes halogenated alkanes) is 6. The minimum absolute atomic E-state index is 0.487. The Morgan fingerprint density at radius 1 is 0.947 bits per heavy atom. The van der Waals surface area contributed by atoms with Crippen LogP contribution in [0.5, 0.6) is 0 Å². The van der Waals surface area contributed by atoms with E-state index in [-0.39, 0.29) is 0 Å². The van der Waals surface area contributed by atoms with E-state index in [1.807, 2.05) is 0 Å². The van der Waals surface area contributed by atoms with E-state index in [1.165, 1.54) is 38.5 Å². The van der Waals surface area contributed by atoms with Gasteiger partial charge < -0.3 is 9.57 Å². The van der Waals surface area contributed by atoms with Gasteiger partial charge in [0.25, 0.3) is 0 Å². The lowest BCUT2D eigenvalue weighted by molar-refractivity contribution is -0.137. The van der Waals surface area contributed by atoms with Crippen molar-refractivity contribution in [3.05, 3.63) is 0 Å². The molecule has 1 saturated heterocycles. The first kappa shape index (κ1) is 16.3. The molecule has 112 valence electrons. The van der Waals surface area contributed by atoms with Crippen LogP contribution in [0.2, 0.25) is 0 Å². The Kier molecular flexibility index (Phi) is 9.51. The number of carbonyl (C=O) groups excluding carboxylic acids is 1. The molecule has 0 radical (unpaired) electrons. The van der Waals surface area contributed by atoms with Crippen molar-refractivity contribution in [1.82, 2.24) is 5.06 Å². The highest BCUT2D eigenvalue weighted by atomic mass is 16.8. The third-order valence-electron chi connectivity index (χ3n) is 3.49. The first-order valence-corrected chi connectivity index (χ1v) is 7.92. The van der Waals surface area contributed by atoms with Crippen molar-refractivity contribution in [1.29, 1.82) is 0 Å². The Morgan fingerprint density at radius 2 is 1.58 bits per heavy atom. The van der Waals surface area contributed by atoms with E-state index in [4.69, 9.17) is 9.57 Å². The van der Waals surface area contributed by atoms with Crippen molar-refractivity contribution in [2.24, 2.45) is 0 Å². The molecule has 0 spiro atoms. The smallest absolute Gasteiger partial charge is 0.433 e. The fourth-order valence-electron chi connectivity index (χ4n) is 2.30. The van der Waals surface area contributed by atoms with Gasteiger partial charge in [0.1, 0.15) is 0 Å². The fourth-order valence-corrected chi connectivity index (χ4v) is 2.30. The van der Waals surface area contributed by atoms with Crippen LogP contribution in [0.15, 0.2) is 0 Å². The van der Waals surface area contributed by atoms with E-state index < -0.39 is 6.16 Å². The summed E-state index contributed by atoms with van der Waals surface area (Å²) in [6, 6.07) is 0. The molecular formula is C15H29NO3. The summed E-state index contributed by atoms with van der Waals surface area (Å²) in [6.07, 6.45) is 11.5. The second-order valence-electron chi connectivity index (χ2n) is 5.30. The zero-order valence-electron chi connectivity index (χ0n) is 12.4. The van der Waals surface area contributed by atoms with Gasteiger partial charge in [0.15, 0.2) is 0 Å². The lowest BCUT2D eigenvalue weighted by atomic mass is 10.1. The lowest BCUT2D eigenvalue weighted by Gasteiger charge is -2.24. The Labute approximate surface area is 117 Å². The summed E-state index contributed by atoms with van der Waals surface area (Å²) in [4.78, 5) is 16.5. The lowest BCUT2D eigenvalue weighted by Crippen LogP contribution is -2.32. The molecule has 0 aromatic rings. The minimum atomic E-state index is -0.534. The Bertz CT molecular complexity index is 227. The van der Waals surface area contributed by atoms with E-state index in [0.29, 0.717) is 6.61 Å². The molecule has 0 N–H and O–H groups in total. The van der Waals surface area contributed by atoms with Crippen molar-refractivity contribution in [3.63, 3.8) is 0 Å². The molecule has 1 heterocycles. The first-order chi connectivity index (χ1) is 9.33. The van der Waals surface area contributed by atoms with Crippen molar-refractivity contribution >= 4 is 6.16 Å². The van der Waals surface area contributed by atoms with Gasteiger partial charge in [0.05, 0.1) is 6.61 Å². The van der Waals surface area contributed by atoms with Gasteiger partial charge in [0.2, 0.25) is 0 Å². The molecule has 0 unspecified atom stereocenters. The van der Waals surface area contributed by atoms with E-state index in [2.05, 4.69) is 6.92 Å². The van der Waals surface area contributed by atoms with Gasteiger partial charge in [-0.1, -0.05) is 51.9 Å². The molecule has 0 saturated carbocycles. The predicted molar refractivity (Wildman–Crippen MR) is 75.9 cm³/mol. The molecule has 0 atom stereocenters. The third-order valence-corrected chi connectivity index (χ3v) is 3.49. The molecule has 0 bridgehead atoms. The van der Waals surface area contributed by atoms with Gasteiger partial charge >= 0.3 is 6.16 Å². The van der Waals surface area contributed by atoms with Crippen molar-refractivity contribution in [2.75, 3.05) is 19.7 Å². The number of nitrogens with zero attached hydrogens (tertiary/aromatic N) is 1. The summed E-state index contributed by atoms with van der Waals surface area (Å²) < 4.78 is 5.07. The highest BCUT2D eigenvalue weighted by Gasteiger charge is 2.15. The highest BCUT2D eigenvalue weighted by Crippen LogP contribution is 2.10. The van der Waals surface area contributed by atoms with Crippen molar-refractivity contribution < 1.29 is 14.4 Å². The van der Waals surface area contributed by atoms with Gasteiger partial charge in [-0.25, -0.2) is 4.79 Å². The van der Waals surface area contributed by atoms with Gasteiger partial charge in [-0.15, -0.1) is 5.06 Å². The van der Waals surface area contributed by atoms with Gasteiger partial charge in [-0.3, -0.25) is 0 Å². The number of rotatable bonds is 9. The zero-order valence-corrected chi connectivity index (χ0v) is 12.4. The van der Waals surface area contributed by atoms with Crippen LogP contribution < -0.4 is 0 Å². The topological polar surface area (TPSA) is 38.8 Å². The SMILES string of the molecule is CCCCCCCCCOC(=O)ON1CCCCC1. The van der Waals surface area contributed by atoms with Crippen LogP contribution in [0.4, 0.5) is 4.79 Å². The van der Waals surface area contributed by atoms with E-state index in [9.17, 15) is 4.79 Å². The summed E-state index contributed by atoms with van der Waals surface area (Å²) in [7, 11) is 0. The normalized spacial score (nSPS) is 16.3. The maximum absolute atomic E-state index is 11.4. The molecule has 0 aromatic carbocycles. The maximum Gasteiger partial charge on any atom is 0.527 e. The monoisotopic (exact) mass is 271 g/mol. The average Bonchev–Trinajstić information content (AvgIpc) is 2.43.